The van der Waals surface area contributed by atoms with Crippen LogP contribution in [0.4, 0.5) is 0 Å². The van der Waals surface area contributed by atoms with E-state index in [1.807, 2.05) is 38.4 Å². The van der Waals surface area contributed by atoms with Crippen molar-refractivity contribution in [3.05, 3.63) is 62.6 Å². The van der Waals surface area contributed by atoms with Gasteiger partial charge in [0.1, 0.15) is 11.5 Å². The van der Waals surface area contributed by atoms with E-state index < -0.39 is 0 Å². The summed E-state index contributed by atoms with van der Waals surface area (Å²) in [5.74, 6) is 1.74. The van der Waals surface area contributed by atoms with Crippen LogP contribution in [0.25, 0.3) is 0 Å². The highest BCUT2D eigenvalue weighted by atomic mass is 32.1. The fourth-order valence-electron chi connectivity index (χ4n) is 3.56. The molecule has 3 aromatic heterocycles. The number of aryl methyl sites for hydroxylation is 2. The number of furan rings is 1. The summed E-state index contributed by atoms with van der Waals surface area (Å²) in [5, 5.41) is 6.05. The summed E-state index contributed by atoms with van der Waals surface area (Å²) in [6.45, 7) is 7.05. The van der Waals surface area contributed by atoms with Gasteiger partial charge in [0.05, 0.1) is 24.1 Å². The molecule has 0 bridgehead atoms. The Kier molecular flexibility index (Phi) is 4.88. The van der Waals surface area contributed by atoms with E-state index >= 15 is 0 Å². The second-order valence-corrected chi connectivity index (χ2v) is 8.02. The maximum absolute atomic E-state index is 12.9. The van der Waals surface area contributed by atoms with Gasteiger partial charge in [-0.1, -0.05) is 5.16 Å². The first kappa shape index (κ1) is 18.0. The highest BCUT2D eigenvalue weighted by Gasteiger charge is 2.26. The van der Waals surface area contributed by atoms with E-state index in [-0.39, 0.29) is 5.91 Å². The topological polar surface area (TPSA) is 62.7 Å². The molecule has 0 aromatic carbocycles. The molecular formula is C20H23N3O3S. The highest BCUT2D eigenvalue weighted by Crippen LogP contribution is 2.31. The lowest BCUT2D eigenvalue weighted by Crippen LogP contribution is -2.31. The van der Waals surface area contributed by atoms with Gasteiger partial charge in [0.2, 0.25) is 0 Å². The maximum atomic E-state index is 12.9. The van der Waals surface area contributed by atoms with Gasteiger partial charge in [0.25, 0.3) is 5.91 Å². The molecule has 4 rings (SSSR count). The molecule has 0 aliphatic carbocycles. The number of amides is 1. The van der Waals surface area contributed by atoms with Crippen molar-refractivity contribution in [1.82, 2.24) is 15.0 Å². The van der Waals surface area contributed by atoms with Gasteiger partial charge in [0.15, 0.2) is 0 Å². The molecule has 0 unspecified atom stereocenters. The monoisotopic (exact) mass is 385 g/mol. The number of carbonyl (C=O) groups excluding carboxylic acids is 1. The Bertz CT molecular complexity index is 922. The molecule has 0 radical (unpaired) electrons. The van der Waals surface area contributed by atoms with Crippen molar-refractivity contribution in [3.63, 3.8) is 0 Å². The summed E-state index contributed by atoms with van der Waals surface area (Å²) >= 11 is 1.68. The zero-order valence-electron chi connectivity index (χ0n) is 15.8. The van der Waals surface area contributed by atoms with Gasteiger partial charge in [-0.25, -0.2) is 0 Å². The average Bonchev–Trinajstić information content (AvgIpc) is 3.38. The summed E-state index contributed by atoms with van der Waals surface area (Å²) in [4.78, 5) is 18.3. The van der Waals surface area contributed by atoms with E-state index in [4.69, 9.17) is 8.94 Å². The highest BCUT2D eigenvalue weighted by molar-refractivity contribution is 7.10. The second kappa shape index (κ2) is 7.32. The Morgan fingerprint density at radius 2 is 2.26 bits per heavy atom. The third kappa shape index (κ3) is 3.57. The molecule has 27 heavy (non-hydrogen) atoms. The van der Waals surface area contributed by atoms with Crippen LogP contribution in [0.2, 0.25) is 0 Å². The summed E-state index contributed by atoms with van der Waals surface area (Å²) < 4.78 is 10.6. The largest absolute Gasteiger partial charge is 0.467 e. The minimum Gasteiger partial charge on any atom is -0.467 e. The number of rotatable bonds is 5. The first-order valence-electron chi connectivity index (χ1n) is 9.04. The standard InChI is InChI=1S/C20H23N3O3S/c1-13-17(14(2)26-21-13)10-23-7-6-16-18(12-27-19(16)11-23)20(24)22(3)9-15-5-4-8-25-15/h4-5,8,12H,6-7,9-11H2,1-3H3. The van der Waals surface area contributed by atoms with Crippen LogP contribution in [-0.2, 0) is 26.1 Å². The quantitative estimate of drug-likeness (QED) is 0.669. The van der Waals surface area contributed by atoms with Crippen LogP contribution >= 0.6 is 11.3 Å². The van der Waals surface area contributed by atoms with Gasteiger partial charge in [-0.2, -0.15) is 0 Å². The second-order valence-electron chi connectivity index (χ2n) is 7.06. The maximum Gasteiger partial charge on any atom is 0.255 e. The Balaban J connectivity index is 1.46. The van der Waals surface area contributed by atoms with Crippen LogP contribution < -0.4 is 0 Å². The van der Waals surface area contributed by atoms with Crippen LogP contribution in [0.15, 0.2) is 32.7 Å². The first-order chi connectivity index (χ1) is 13.0. The molecule has 1 aliphatic rings. The third-order valence-electron chi connectivity index (χ3n) is 5.14. The molecule has 6 nitrogen and oxygen atoms in total. The van der Waals surface area contributed by atoms with Crippen molar-refractivity contribution in [2.24, 2.45) is 0 Å². The van der Waals surface area contributed by atoms with E-state index in [0.29, 0.717) is 6.54 Å². The van der Waals surface area contributed by atoms with Gasteiger partial charge in [-0.05, 0) is 38.0 Å². The molecule has 0 atom stereocenters. The Hall–Kier alpha value is -2.38. The van der Waals surface area contributed by atoms with E-state index in [1.165, 1.54) is 16.0 Å². The predicted octanol–water partition coefficient (Wildman–Crippen LogP) is 3.78. The lowest BCUT2D eigenvalue weighted by molar-refractivity contribution is 0.0774. The minimum atomic E-state index is 0.0584. The van der Waals surface area contributed by atoms with Crippen LogP contribution in [0, 0.1) is 13.8 Å². The number of carbonyl (C=O) groups is 1. The summed E-state index contributed by atoms with van der Waals surface area (Å²) in [7, 11) is 1.82. The third-order valence-corrected chi connectivity index (χ3v) is 6.15. The van der Waals surface area contributed by atoms with Crippen molar-refractivity contribution in [2.45, 2.75) is 39.9 Å². The average molecular weight is 385 g/mol. The van der Waals surface area contributed by atoms with Crippen LogP contribution in [0.5, 0.6) is 0 Å². The lowest BCUT2D eigenvalue weighted by Gasteiger charge is -2.27. The van der Waals surface area contributed by atoms with E-state index in [9.17, 15) is 4.79 Å². The molecule has 0 N–H and O–H groups in total. The Morgan fingerprint density at radius 1 is 1.41 bits per heavy atom. The summed E-state index contributed by atoms with van der Waals surface area (Å²) in [6, 6.07) is 3.73. The molecule has 1 aliphatic heterocycles. The van der Waals surface area contributed by atoms with Crippen molar-refractivity contribution < 1.29 is 13.7 Å². The number of hydrogen-bond acceptors (Lipinski definition) is 6. The molecule has 0 saturated heterocycles. The van der Waals surface area contributed by atoms with Gasteiger partial charge < -0.3 is 13.8 Å². The van der Waals surface area contributed by atoms with Gasteiger partial charge >= 0.3 is 0 Å². The van der Waals surface area contributed by atoms with Crippen molar-refractivity contribution in [2.75, 3.05) is 13.6 Å². The molecule has 0 saturated carbocycles. The molecule has 3 aromatic rings. The van der Waals surface area contributed by atoms with Gasteiger partial charge in [0, 0.05) is 42.5 Å². The number of fused-ring (bicyclic) bond motifs is 1. The van der Waals surface area contributed by atoms with Gasteiger partial charge in [-0.15, -0.1) is 11.3 Å². The fraction of sp³-hybridized carbons (Fsp3) is 0.400. The van der Waals surface area contributed by atoms with E-state index in [2.05, 4.69) is 10.1 Å². The number of aromatic nitrogens is 1. The van der Waals surface area contributed by atoms with Crippen molar-refractivity contribution >= 4 is 17.2 Å². The molecular weight excluding hydrogens is 362 g/mol. The normalized spacial score (nSPS) is 14.3. The SMILES string of the molecule is Cc1noc(C)c1CN1CCc2c(C(=O)N(C)Cc3ccco3)csc2C1. The zero-order chi connectivity index (χ0) is 19.0. The smallest absolute Gasteiger partial charge is 0.255 e. The predicted molar refractivity (Wildman–Crippen MR) is 103 cm³/mol. The molecule has 1 amide bonds. The molecule has 0 fully saturated rings. The van der Waals surface area contributed by atoms with E-state index in [1.54, 1.807) is 22.5 Å². The molecule has 142 valence electrons. The van der Waals surface area contributed by atoms with Crippen LogP contribution in [0.3, 0.4) is 0 Å². The Morgan fingerprint density at radius 3 is 2.96 bits per heavy atom. The fourth-order valence-corrected chi connectivity index (χ4v) is 4.68. The molecule has 4 heterocycles. The lowest BCUT2D eigenvalue weighted by atomic mass is 10.0. The number of hydrogen-bond donors (Lipinski definition) is 0. The van der Waals surface area contributed by atoms with Gasteiger partial charge in [-0.3, -0.25) is 9.69 Å². The Labute approximate surface area is 162 Å². The summed E-state index contributed by atoms with van der Waals surface area (Å²) in [5.41, 5.74) is 4.16. The number of nitrogens with zero attached hydrogens (tertiary/aromatic N) is 3. The van der Waals surface area contributed by atoms with Crippen LogP contribution in [0.1, 0.15) is 43.6 Å². The van der Waals surface area contributed by atoms with E-state index in [0.717, 1.165) is 48.8 Å². The first-order valence-corrected chi connectivity index (χ1v) is 9.92. The minimum absolute atomic E-state index is 0.0584. The summed E-state index contributed by atoms with van der Waals surface area (Å²) in [6.07, 6.45) is 2.52. The van der Waals surface area contributed by atoms with Crippen molar-refractivity contribution in [1.29, 1.82) is 0 Å². The zero-order valence-corrected chi connectivity index (χ0v) is 16.6. The van der Waals surface area contributed by atoms with Crippen LogP contribution in [-0.4, -0.2) is 34.5 Å². The van der Waals surface area contributed by atoms with Crippen molar-refractivity contribution in [3.8, 4) is 0 Å². The molecule has 0 spiro atoms. The number of thiophene rings is 1. The molecule has 7 heteroatoms.